The summed E-state index contributed by atoms with van der Waals surface area (Å²) in [4.78, 5) is 32.1. The summed E-state index contributed by atoms with van der Waals surface area (Å²) in [6.07, 6.45) is -1.04. The van der Waals surface area contributed by atoms with E-state index in [1.807, 2.05) is 19.1 Å². The van der Waals surface area contributed by atoms with E-state index in [-0.39, 0.29) is 29.9 Å². The fourth-order valence-electron chi connectivity index (χ4n) is 4.59. The van der Waals surface area contributed by atoms with Gasteiger partial charge in [0, 0.05) is 11.6 Å². The smallest absolute Gasteiger partial charge is 0.235 e. The predicted molar refractivity (Wildman–Crippen MR) is 84.4 cm³/mol. The van der Waals surface area contributed by atoms with Gasteiger partial charge in [-0.3, -0.25) is 14.5 Å². The third-order valence-electron chi connectivity index (χ3n) is 5.59. The molecule has 4 heterocycles. The average molecular weight is 347 g/mol. The molecule has 0 unspecified atom stereocenters. The SMILES string of the molecule is CCN1C(=O)[C@@H]2[C@H]3O[C@@H]([C@@H]4C(c5ccc(Cl)cc5)=NO[C@H]34)[C@H]2C1=O. The zero-order valence-electron chi connectivity index (χ0n) is 12.9. The van der Waals surface area contributed by atoms with Crippen molar-refractivity contribution in [3.05, 3.63) is 34.9 Å². The molecule has 1 aromatic rings. The predicted octanol–water partition coefficient (Wildman–Crippen LogP) is 1.46. The second-order valence-corrected chi connectivity index (χ2v) is 7.05. The summed E-state index contributed by atoms with van der Waals surface area (Å²) >= 11 is 5.95. The molecular formula is C17H15ClN2O4. The van der Waals surface area contributed by atoms with Crippen molar-refractivity contribution in [2.45, 2.75) is 25.2 Å². The van der Waals surface area contributed by atoms with E-state index in [0.29, 0.717) is 11.6 Å². The molecule has 4 aliphatic rings. The monoisotopic (exact) mass is 346 g/mol. The number of nitrogens with zero attached hydrogens (tertiary/aromatic N) is 2. The molecule has 6 atom stereocenters. The number of carbonyl (C=O) groups excluding carboxylic acids is 2. The van der Waals surface area contributed by atoms with Crippen LogP contribution in [-0.2, 0) is 19.2 Å². The number of fused-ring (bicyclic) bond motifs is 8. The molecule has 3 saturated heterocycles. The quantitative estimate of drug-likeness (QED) is 0.760. The van der Waals surface area contributed by atoms with Gasteiger partial charge in [0.05, 0.1) is 29.6 Å². The van der Waals surface area contributed by atoms with Gasteiger partial charge < -0.3 is 9.57 Å². The highest BCUT2D eigenvalue weighted by Crippen LogP contribution is 2.54. The van der Waals surface area contributed by atoms with Crippen LogP contribution in [0, 0.1) is 17.8 Å². The van der Waals surface area contributed by atoms with E-state index in [1.54, 1.807) is 12.1 Å². The van der Waals surface area contributed by atoms with Crippen molar-refractivity contribution in [3.63, 3.8) is 0 Å². The molecule has 0 spiro atoms. The molecular weight excluding hydrogens is 332 g/mol. The van der Waals surface area contributed by atoms with Crippen LogP contribution in [0.15, 0.2) is 29.4 Å². The molecule has 2 amide bonds. The Kier molecular flexibility index (Phi) is 2.89. The number of halogens is 1. The van der Waals surface area contributed by atoms with Crippen molar-refractivity contribution in [2.24, 2.45) is 22.9 Å². The molecule has 3 fully saturated rings. The molecule has 24 heavy (non-hydrogen) atoms. The van der Waals surface area contributed by atoms with Crippen LogP contribution in [0.1, 0.15) is 12.5 Å². The lowest BCUT2D eigenvalue weighted by Gasteiger charge is -2.26. The lowest BCUT2D eigenvalue weighted by atomic mass is 9.71. The number of hydrogen-bond donors (Lipinski definition) is 0. The van der Waals surface area contributed by atoms with E-state index in [4.69, 9.17) is 21.2 Å². The molecule has 0 aromatic heterocycles. The maximum absolute atomic E-state index is 12.6. The van der Waals surface area contributed by atoms with Gasteiger partial charge in [-0.05, 0) is 24.6 Å². The van der Waals surface area contributed by atoms with Crippen LogP contribution < -0.4 is 0 Å². The molecule has 0 radical (unpaired) electrons. The number of likely N-dealkylation sites (tertiary alicyclic amines) is 1. The first-order valence-corrected chi connectivity index (χ1v) is 8.50. The lowest BCUT2D eigenvalue weighted by Crippen LogP contribution is -2.45. The largest absolute Gasteiger partial charge is 0.389 e. The van der Waals surface area contributed by atoms with E-state index in [1.165, 1.54) is 4.90 Å². The van der Waals surface area contributed by atoms with Crippen LogP contribution >= 0.6 is 11.6 Å². The minimum Gasteiger partial charge on any atom is -0.389 e. The van der Waals surface area contributed by atoms with Crippen molar-refractivity contribution >= 4 is 29.1 Å². The molecule has 0 aliphatic carbocycles. The van der Waals surface area contributed by atoms with Gasteiger partial charge in [0.25, 0.3) is 0 Å². The Morgan fingerprint density at radius 2 is 1.71 bits per heavy atom. The lowest BCUT2D eigenvalue weighted by molar-refractivity contribution is -0.142. The van der Waals surface area contributed by atoms with Crippen LogP contribution in [0.5, 0.6) is 0 Å². The Morgan fingerprint density at radius 1 is 1.04 bits per heavy atom. The molecule has 5 rings (SSSR count). The number of amides is 2. The summed E-state index contributed by atoms with van der Waals surface area (Å²) in [5, 5.41) is 4.88. The molecule has 2 bridgehead atoms. The number of rotatable bonds is 2. The zero-order chi connectivity index (χ0) is 16.6. The van der Waals surface area contributed by atoms with Crippen LogP contribution in [0.4, 0.5) is 0 Å². The standard InChI is InChI=1S/C17H15ClN2O4/c1-2-20-16(21)9-10(17(20)22)14-15-11(13(9)23-14)12(19-24-15)7-3-5-8(18)6-4-7/h3-6,9-11,13-15H,2H2,1H3/t9-,10-,11-,13+,14+,15-/m0/s1. The number of carbonyl (C=O) groups is 2. The number of imide groups is 1. The molecule has 4 aliphatic heterocycles. The van der Waals surface area contributed by atoms with Crippen LogP contribution in [0.3, 0.4) is 0 Å². The highest BCUT2D eigenvalue weighted by molar-refractivity contribution is 6.30. The fraction of sp³-hybridized carbons (Fsp3) is 0.471. The molecule has 7 heteroatoms. The van der Waals surface area contributed by atoms with E-state index in [0.717, 1.165) is 11.3 Å². The first-order valence-electron chi connectivity index (χ1n) is 8.12. The van der Waals surface area contributed by atoms with Crippen molar-refractivity contribution in [1.29, 1.82) is 0 Å². The van der Waals surface area contributed by atoms with Gasteiger partial charge in [-0.1, -0.05) is 28.9 Å². The molecule has 1 aromatic carbocycles. The maximum atomic E-state index is 12.6. The molecule has 0 N–H and O–H groups in total. The van der Waals surface area contributed by atoms with Gasteiger partial charge in [0.2, 0.25) is 11.8 Å². The van der Waals surface area contributed by atoms with Gasteiger partial charge in [-0.25, -0.2) is 0 Å². The summed E-state index contributed by atoms with van der Waals surface area (Å²) in [5.74, 6) is -1.22. The Bertz CT molecular complexity index is 777. The topological polar surface area (TPSA) is 68.2 Å². The summed E-state index contributed by atoms with van der Waals surface area (Å²) in [6, 6.07) is 7.37. The molecule has 0 saturated carbocycles. The van der Waals surface area contributed by atoms with E-state index in [2.05, 4.69) is 5.16 Å². The van der Waals surface area contributed by atoms with Crippen molar-refractivity contribution < 1.29 is 19.2 Å². The number of oxime groups is 1. The minimum absolute atomic E-state index is 0.119. The Hall–Kier alpha value is -1.92. The van der Waals surface area contributed by atoms with Gasteiger partial charge in [0.1, 0.15) is 6.10 Å². The average Bonchev–Trinajstić information content (AvgIpc) is 3.29. The van der Waals surface area contributed by atoms with Crippen molar-refractivity contribution in [3.8, 4) is 0 Å². The van der Waals surface area contributed by atoms with Gasteiger partial charge >= 0.3 is 0 Å². The van der Waals surface area contributed by atoms with Gasteiger partial charge in [-0.2, -0.15) is 0 Å². The van der Waals surface area contributed by atoms with E-state index in [9.17, 15) is 9.59 Å². The highest BCUT2D eigenvalue weighted by atomic mass is 35.5. The molecule has 6 nitrogen and oxygen atoms in total. The summed E-state index contributed by atoms with van der Waals surface area (Å²) < 4.78 is 6.02. The Balaban J connectivity index is 1.51. The maximum Gasteiger partial charge on any atom is 0.235 e. The minimum atomic E-state index is -0.427. The summed E-state index contributed by atoms with van der Waals surface area (Å²) in [6.45, 7) is 2.22. The normalized spacial score (nSPS) is 39.1. The summed E-state index contributed by atoms with van der Waals surface area (Å²) in [5.41, 5.74) is 1.68. The Morgan fingerprint density at radius 3 is 2.38 bits per heavy atom. The van der Waals surface area contributed by atoms with Gasteiger partial charge in [0.15, 0.2) is 6.10 Å². The molecule has 124 valence electrons. The van der Waals surface area contributed by atoms with Crippen molar-refractivity contribution in [1.82, 2.24) is 4.90 Å². The van der Waals surface area contributed by atoms with Gasteiger partial charge in [-0.15, -0.1) is 0 Å². The summed E-state index contributed by atoms with van der Waals surface area (Å²) in [7, 11) is 0. The number of ether oxygens (including phenoxy) is 1. The van der Waals surface area contributed by atoms with Crippen LogP contribution in [0.25, 0.3) is 0 Å². The van der Waals surface area contributed by atoms with E-state index >= 15 is 0 Å². The first-order chi connectivity index (χ1) is 11.6. The fourth-order valence-corrected chi connectivity index (χ4v) is 4.72. The number of hydrogen-bond acceptors (Lipinski definition) is 5. The van der Waals surface area contributed by atoms with E-state index < -0.39 is 17.9 Å². The Labute approximate surface area is 143 Å². The third kappa shape index (κ3) is 1.62. The van der Waals surface area contributed by atoms with Crippen LogP contribution in [0.2, 0.25) is 5.02 Å². The highest BCUT2D eigenvalue weighted by Gasteiger charge is 2.71. The third-order valence-corrected chi connectivity index (χ3v) is 5.84. The van der Waals surface area contributed by atoms with Crippen molar-refractivity contribution in [2.75, 3.05) is 6.54 Å². The first kappa shape index (κ1) is 14.4. The number of benzene rings is 1. The second-order valence-electron chi connectivity index (χ2n) is 6.62. The zero-order valence-corrected chi connectivity index (χ0v) is 13.6. The second kappa shape index (κ2) is 4.80. The van der Waals surface area contributed by atoms with Crippen LogP contribution in [-0.4, -0.2) is 47.3 Å².